The Morgan fingerprint density at radius 1 is 1.15 bits per heavy atom. The Kier molecular flexibility index (Phi) is 5.58. The van der Waals surface area contributed by atoms with Gasteiger partial charge < -0.3 is 4.74 Å². The summed E-state index contributed by atoms with van der Waals surface area (Å²) < 4.78 is 4.75. The van der Waals surface area contributed by atoms with Crippen LogP contribution in [0.25, 0.3) is 0 Å². The Hall–Kier alpha value is -2.39. The van der Waals surface area contributed by atoms with Crippen molar-refractivity contribution < 1.29 is 23.9 Å². The van der Waals surface area contributed by atoms with Gasteiger partial charge >= 0.3 is 23.8 Å². The molecule has 2 aliphatic rings. The number of esters is 1. The zero-order valence-electron chi connectivity index (χ0n) is 14.3. The summed E-state index contributed by atoms with van der Waals surface area (Å²) in [5.41, 5.74) is 0.768. The number of ether oxygens (including phenoxy) is 1. The highest BCUT2D eigenvalue weighted by Gasteiger charge is 2.45. The molecular weight excluding hydrogens is 358 g/mol. The van der Waals surface area contributed by atoms with E-state index in [1.54, 1.807) is 24.3 Å². The third-order valence-corrected chi connectivity index (χ3v) is 5.44. The van der Waals surface area contributed by atoms with Crippen molar-refractivity contribution >= 4 is 35.6 Å². The first-order chi connectivity index (χ1) is 12.5. The average Bonchev–Trinajstić information content (AvgIpc) is 2.86. The molecule has 8 nitrogen and oxygen atoms in total. The van der Waals surface area contributed by atoms with Crippen molar-refractivity contribution in [3.8, 4) is 0 Å². The molecule has 1 atom stereocenters. The van der Waals surface area contributed by atoms with E-state index in [4.69, 9.17) is 4.74 Å². The molecule has 1 aromatic carbocycles. The standard InChI is InChI=1S/C17H19N3O5S/c1-25-16(23)13-10-18(7-8-26-13)11-20-15(22)14(21)19(17(20)24)9-12-5-3-2-4-6-12/h2-6,13H,7-11H2,1H3/t13-/m0/s1. The van der Waals surface area contributed by atoms with E-state index in [1.165, 1.54) is 18.9 Å². The third-order valence-electron chi connectivity index (χ3n) is 4.27. The summed E-state index contributed by atoms with van der Waals surface area (Å²) in [6.07, 6.45) is 0. The van der Waals surface area contributed by atoms with Crippen LogP contribution in [0.15, 0.2) is 30.3 Å². The highest BCUT2D eigenvalue weighted by atomic mass is 32.2. The second kappa shape index (κ2) is 7.88. The predicted octanol–water partition coefficient (Wildman–Crippen LogP) is 0.525. The SMILES string of the molecule is COC(=O)[C@@H]1CN(CN2C(=O)C(=O)N(Cc3ccccc3)C2=O)CCS1. The van der Waals surface area contributed by atoms with Gasteiger partial charge in [-0.25, -0.2) is 9.69 Å². The molecule has 9 heteroatoms. The van der Waals surface area contributed by atoms with Gasteiger partial charge in [-0.2, -0.15) is 0 Å². The maximum atomic E-state index is 12.6. The van der Waals surface area contributed by atoms with Crippen LogP contribution in [0.4, 0.5) is 4.79 Å². The van der Waals surface area contributed by atoms with E-state index in [0.29, 0.717) is 18.8 Å². The zero-order valence-corrected chi connectivity index (χ0v) is 15.1. The Morgan fingerprint density at radius 3 is 2.54 bits per heavy atom. The molecule has 2 heterocycles. The third kappa shape index (κ3) is 3.73. The van der Waals surface area contributed by atoms with Gasteiger partial charge in [0.05, 0.1) is 20.3 Å². The fraction of sp³-hybridized carbons (Fsp3) is 0.412. The van der Waals surface area contributed by atoms with Crippen LogP contribution in [0.1, 0.15) is 5.56 Å². The van der Waals surface area contributed by atoms with Gasteiger partial charge in [0.15, 0.2) is 0 Å². The molecule has 0 aliphatic carbocycles. The van der Waals surface area contributed by atoms with Crippen molar-refractivity contribution in [1.82, 2.24) is 14.7 Å². The highest BCUT2D eigenvalue weighted by molar-refractivity contribution is 8.00. The van der Waals surface area contributed by atoms with Crippen molar-refractivity contribution in [3.63, 3.8) is 0 Å². The van der Waals surface area contributed by atoms with Crippen LogP contribution in [0, 0.1) is 0 Å². The van der Waals surface area contributed by atoms with Crippen molar-refractivity contribution in [1.29, 1.82) is 0 Å². The van der Waals surface area contributed by atoms with Crippen molar-refractivity contribution in [3.05, 3.63) is 35.9 Å². The van der Waals surface area contributed by atoms with Crippen LogP contribution >= 0.6 is 11.8 Å². The first kappa shape index (κ1) is 18.4. The fourth-order valence-corrected chi connectivity index (χ4v) is 4.08. The number of carbonyl (C=O) groups is 4. The maximum Gasteiger partial charge on any atom is 0.335 e. The molecule has 4 amide bonds. The Labute approximate surface area is 155 Å². The molecular formula is C17H19N3O5S. The van der Waals surface area contributed by atoms with E-state index < -0.39 is 17.8 Å². The van der Waals surface area contributed by atoms with E-state index >= 15 is 0 Å². The summed E-state index contributed by atoms with van der Waals surface area (Å²) in [6.45, 7) is 1.02. The van der Waals surface area contributed by atoms with Crippen LogP contribution in [-0.4, -0.2) is 76.4 Å². The monoisotopic (exact) mass is 377 g/mol. The smallest absolute Gasteiger partial charge is 0.335 e. The zero-order chi connectivity index (χ0) is 18.7. The molecule has 0 unspecified atom stereocenters. The Morgan fingerprint density at radius 2 is 1.85 bits per heavy atom. The number of hydrogen-bond acceptors (Lipinski definition) is 7. The maximum absolute atomic E-state index is 12.6. The van der Waals surface area contributed by atoms with Gasteiger partial charge in [0.2, 0.25) is 0 Å². The van der Waals surface area contributed by atoms with Gasteiger partial charge in [-0.05, 0) is 5.56 Å². The van der Waals surface area contributed by atoms with Gasteiger partial charge in [-0.3, -0.25) is 24.2 Å². The number of thioether (sulfide) groups is 1. The number of imide groups is 2. The largest absolute Gasteiger partial charge is 0.468 e. The van der Waals surface area contributed by atoms with E-state index in [-0.39, 0.29) is 24.4 Å². The summed E-state index contributed by atoms with van der Waals surface area (Å²) in [6, 6.07) is 8.39. The lowest BCUT2D eigenvalue weighted by molar-refractivity contribution is -0.144. The van der Waals surface area contributed by atoms with Crippen molar-refractivity contribution in [2.75, 3.05) is 32.6 Å². The molecule has 0 spiro atoms. The normalized spacial score (nSPS) is 21.4. The fourth-order valence-electron chi connectivity index (χ4n) is 2.89. The van der Waals surface area contributed by atoms with Gasteiger partial charge in [-0.15, -0.1) is 11.8 Å². The molecule has 0 saturated carbocycles. The lowest BCUT2D eigenvalue weighted by atomic mass is 10.2. The molecule has 2 saturated heterocycles. The molecule has 0 aromatic heterocycles. The minimum Gasteiger partial charge on any atom is -0.468 e. The van der Waals surface area contributed by atoms with E-state index in [1.807, 2.05) is 11.0 Å². The van der Waals surface area contributed by atoms with Crippen LogP contribution in [-0.2, 0) is 25.7 Å². The molecule has 0 radical (unpaired) electrons. The lowest BCUT2D eigenvalue weighted by Crippen LogP contribution is -2.48. The summed E-state index contributed by atoms with van der Waals surface area (Å²) in [4.78, 5) is 52.4. The first-order valence-electron chi connectivity index (χ1n) is 8.14. The first-order valence-corrected chi connectivity index (χ1v) is 9.19. The second-order valence-corrected chi connectivity index (χ2v) is 7.30. The number of urea groups is 1. The van der Waals surface area contributed by atoms with Gasteiger partial charge in [0.1, 0.15) is 5.25 Å². The molecule has 2 aliphatic heterocycles. The van der Waals surface area contributed by atoms with Crippen molar-refractivity contribution in [2.24, 2.45) is 0 Å². The molecule has 138 valence electrons. The molecule has 3 rings (SSSR count). The molecule has 26 heavy (non-hydrogen) atoms. The predicted molar refractivity (Wildman–Crippen MR) is 93.9 cm³/mol. The summed E-state index contributed by atoms with van der Waals surface area (Å²) in [7, 11) is 1.33. The topological polar surface area (TPSA) is 87.2 Å². The minimum atomic E-state index is -0.834. The van der Waals surface area contributed by atoms with Crippen LogP contribution in [0.3, 0.4) is 0 Å². The quantitative estimate of drug-likeness (QED) is 0.420. The van der Waals surface area contributed by atoms with Gasteiger partial charge in [0.25, 0.3) is 0 Å². The molecule has 1 aromatic rings. The van der Waals surface area contributed by atoms with E-state index in [9.17, 15) is 19.2 Å². The number of carbonyl (C=O) groups excluding carboxylic acids is 4. The van der Waals surface area contributed by atoms with Crippen molar-refractivity contribution in [2.45, 2.75) is 11.8 Å². The number of hydrogen-bond donors (Lipinski definition) is 0. The number of methoxy groups -OCH3 is 1. The number of rotatable bonds is 5. The number of benzene rings is 1. The average molecular weight is 377 g/mol. The summed E-state index contributed by atoms with van der Waals surface area (Å²) in [5, 5.41) is -0.363. The van der Waals surface area contributed by atoms with Crippen LogP contribution in [0.2, 0.25) is 0 Å². The lowest BCUT2D eigenvalue weighted by Gasteiger charge is -2.32. The number of nitrogens with zero attached hydrogens (tertiary/aromatic N) is 3. The van der Waals surface area contributed by atoms with Crippen LogP contribution in [0.5, 0.6) is 0 Å². The minimum absolute atomic E-state index is 0.0112. The van der Waals surface area contributed by atoms with Crippen LogP contribution < -0.4 is 0 Å². The Bertz CT molecular complexity index is 726. The molecule has 0 bridgehead atoms. The van der Waals surface area contributed by atoms with Gasteiger partial charge in [-0.1, -0.05) is 30.3 Å². The van der Waals surface area contributed by atoms with E-state index in [0.717, 1.165) is 15.4 Å². The molecule has 2 fully saturated rings. The highest BCUT2D eigenvalue weighted by Crippen LogP contribution is 2.22. The van der Waals surface area contributed by atoms with Gasteiger partial charge in [0, 0.05) is 18.8 Å². The van der Waals surface area contributed by atoms with E-state index in [2.05, 4.69) is 0 Å². The molecule has 0 N–H and O–H groups in total. The summed E-state index contributed by atoms with van der Waals surface area (Å²) >= 11 is 1.48. The second-order valence-electron chi connectivity index (χ2n) is 5.99. The Balaban J connectivity index is 1.66. The number of amides is 4. The summed E-state index contributed by atoms with van der Waals surface area (Å²) in [5.74, 6) is -1.31.